The molecule has 1 amide bonds. The van der Waals surface area contributed by atoms with Crippen LogP contribution in [-0.4, -0.2) is 32.6 Å². The Kier molecular flexibility index (Phi) is 4.43. The van der Waals surface area contributed by atoms with Gasteiger partial charge in [0, 0.05) is 18.7 Å². The predicted octanol–water partition coefficient (Wildman–Crippen LogP) is 2.12. The molecule has 0 radical (unpaired) electrons. The second-order valence-corrected chi connectivity index (χ2v) is 4.84. The van der Waals surface area contributed by atoms with Gasteiger partial charge in [0.15, 0.2) is 11.6 Å². The molecule has 10 nitrogen and oxygen atoms in total. The fraction of sp³-hybridized carbons (Fsp3) is 0.154. The summed E-state index contributed by atoms with van der Waals surface area (Å²) in [4.78, 5) is 19.2. The summed E-state index contributed by atoms with van der Waals surface area (Å²) in [6.07, 6.45) is -4.82. The molecule has 0 spiro atoms. The number of anilines is 3. The van der Waals surface area contributed by atoms with Crippen molar-refractivity contribution in [3.63, 3.8) is 0 Å². The molecule has 0 bridgehead atoms. The van der Waals surface area contributed by atoms with Gasteiger partial charge in [0.2, 0.25) is 17.2 Å². The van der Waals surface area contributed by atoms with Crippen molar-refractivity contribution in [3.8, 4) is 5.75 Å². The number of alkyl halides is 3. The van der Waals surface area contributed by atoms with Crippen molar-refractivity contribution < 1.29 is 27.3 Å². The fourth-order valence-electron chi connectivity index (χ4n) is 1.87. The van der Waals surface area contributed by atoms with Gasteiger partial charge in [0.05, 0.1) is 0 Å². The Morgan fingerprint density at radius 3 is 2.50 bits per heavy atom. The molecule has 2 aromatic heterocycles. The van der Waals surface area contributed by atoms with E-state index < -0.39 is 18.0 Å². The maximum atomic E-state index is 12.3. The molecule has 26 heavy (non-hydrogen) atoms. The zero-order valence-electron chi connectivity index (χ0n) is 13.0. The molecule has 3 rings (SSSR count). The summed E-state index contributed by atoms with van der Waals surface area (Å²) in [5.41, 5.74) is 5.17. The van der Waals surface area contributed by atoms with Gasteiger partial charge in [-0.1, -0.05) is 6.07 Å². The van der Waals surface area contributed by atoms with E-state index in [9.17, 15) is 18.0 Å². The quantitative estimate of drug-likeness (QED) is 0.579. The number of benzene rings is 1. The van der Waals surface area contributed by atoms with Crippen LogP contribution < -0.4 is 20.9 Å². The highest BCUT2D eigenvalue weighted by Gasteiger charge is 2.31. The standard InChI is InChI=1S/C13H10F3N7O3/c1-6(24)20-21-10-9(18-11-12(19-10)23-26-22-11)17-7-3-2-4-8(5-7)25-13(14,15)16/h2-5H,1H3,(H,20,24)(H,17,18,22)(H,19,21,23). The van der Waals surface area contributed by atoms with E-state index in [1.165, 1.54) is 19.1 Å². The third-order valence-corrected chi connectivity index (χ3v) is 2.80. The van der Waals surface area contributed by atoms with E-state index in [2.05, 4.69) is 45.8 Å². The van der Waals surface area contributed by atoms with Crippen LogP contribution >= 0.6 is 0 Å². The van der Waals surface area contributed by atoms with Crippen molar-refractivity contribution >= 4 is 34.5 Å². The van der Waals surface area contributed by atoms with Gasteiger partial charge in [-0.15, -0.1) is 13.2 Å². The first kappa shape index (κ1) is 17.2. The third-order valence-electron chi connectivity index (χ3n) is 2.80. The number of nitrogens with one attached hydrogen (secondary N) is 3. The smallest absolute Gasteiger partial charge is 0.406 e. The van der Waals surface area contributed by atoms with E-state index in [1.807, 2.05) is 0 Å². The molecule has 2 heterocycles. The van der Waals surface area contributed by atoms with E-state index in [0.29, 0.717) is 0 Å². The molecule has 0 fully saturated rings. The second kappa shape index (κ2) is 6.70. The van der Waals surface area contributed by atoms with Gasteiger partial charge >= 0.3 is 6.36 Å². The number of aromatic nitrogens is 4. The predicted molar refractivity (Wildman–Crippen MR) is 81.2 cm³/mol. The highest BCUT2D eigenvalue weighted by atomic mass is 19.4. The molecule has 0 saturated carbocycles. The Morgan fingerprint density at radius 2 is 1.85 bits per heavy atom. The Morgan fingerprint density at radius 1 is 1.15 bits per heavy atom. The van der Waals surface area contributed by atoms with Crippen molar-refractivity contribution in [3.05, 3.63) is 24.3 Å². The molecule has 0 saturated heterocycles. The van der Waals surface area contributed by atoms with Crippen LogP contribution in [0.5, 0.6) is 5.75 Å². The van der Waals surface area contributed by atoms with E-state index in [1.54, 1.807) is 0 Å². The number of carbonyl (C=O) groups is 1. The van der Waals surface area contributed by atoms with E-state index in [-0.39, 0.29) is 28.6 Å². The monoisotopic (exact) mass is 369 g/mol. The van der Waals surface area contributed by atoms with Crippen LogP contribution in [0.2, 0.25) is 0 Å². The Balaban J connectivity index is 1.90. The molecule has 0 atom stereocenters. The number of nitrogens with zero attached hydrogens (tertiary/aromatic N) is 4. The lowest BCUT2D eigenvalue weighted by molar-refractivity contribution is -0.274. The van der Waals surface area contributed by atoms with Crippen molar-refractivity contribution in [2.45, 2.75) is 13.3 Å². The largest absolute Gasteiger partial charge is 0.573 e. The maximum absolute atomic E-state index is 12.3. The van der Waals surface area contributed by atoms with Crippen LogP contribution in [0.1, 0.15) is 6.92 Å². The molecular formula is C13H10F3N7O3. The third kappa shape index (κ3) is 4.25. The zero-order chi connectivity index (χ0) is 18.7. The van der Waals surface area contributed by atoms with E-state index in [4.69, 9.17) is 0 Å². The normalized spacial score (nSPS) is 11.2. The Labute approximate surface area is 142 Å². The van der Waals surface area contributed by atoms with Crippen LogP contribution in [-0.2, 0) is 4.79 Å². The first-order chi connectivity index (χ1) is 12.3. The molecular weight excluding hydrogens is 359 g/mol. The fourth-order valence-corrected chi connectivity index (χ4v) is 1.87. The summed E-state index contributed by atoms with van der Waals surface area (Å²) in [6.45, 7) is 1.27. The van der Waals surface area contributed by atoms with Crippen molar-refractivity contribution in [2.75, 3.05) is 10.7 Å². The minimum atomic E-state index is -4.82. The molecule has 0 aliphatic carbocycles. The highest BCUT2D eigenvalue weighted by Crippen LogP contribution is 2.28. The van der Waals surface area contributed by atoms with Gasteiger partial charge in [-0.3, -0.25) is 15.6 Å². The number of amides is 1. The topological polar surface area (TPSA) is 127 Å². The minimum Gasteiger partial charge on any atom is -0.406 e. The van der Waals surface area contributed by atoms with Crippen LogP contribution in [0.15, 0.2) is 28.9 Å². The first-order valence-corrected chi connectivity index (χ1v) is 6.96. The number of fused-ring (bicyclic) bond motifs is 1. The number of hydrogen-bond acceptors (Lipinski definition) is 9. The van der Waals surface area contributed by atoms with Crippen LogP contribution in [0.25, 0.3) is 11.3 Å². The number of rotatable bonds is 5. The number of carbonyl (C=O) groups excluding carboxylic acids is 1. The number of halogens is 3. The van der Waals surface area contributed by atoms with Crippen molar-refractivity contribution in [2.24, 2.45) is 0 Å². The molecule has 0 aliphatic heterocycles. The van der Waals surface area contributed by atoms with Gasteiger partial charge in [-0.2, -0.15) is 4.98 Å². The minimum absolute atomic E-state index is 0.0468. The van der Waals surface area contributed by atoms with Gasteiger partial charge in [-0.25, -0.2) is 9.61 Å². The molecule has 0 aliphatic rings. The van der Waals surface area contributed by atoms with Crippen LogP contribution in [0.4, 0.5) is 30.5 Å². The second-order valence-electron chi connectivity index (χ2n) is 4.84. The Hall–Kier alpha value is -3.64. The summed E-state index contributed by atoms with van der Waals surface area (Å²) >= 11 is 0. The molecule has 1 aromatic carbocycles. The van der Waals surface area contributed by atoms with E-state index >= 15 is 0 Å². The van der Waals surface area contributed by atoms with Crippen molar-refractivity contribution in [1.82, 2.24) is 25.7 Å². The summed E-state index contributed by atoms with van der Waals surface area (Å²) in [7, 11) is 0. The highest BCUT2D eigenvalue weighted by molar-refractivity contribution is 5.79. The Bertz CT molecular complexity index is 944. The van der Waals surface area contributed by atoms with Gasteiger partial charge < -0.3 is 10.1 Å². The summed E-state index contributed by atoms with van der Waals surface area (Å²) in [6, 6.07) is 5.10. The molecule has 13 heteroatoms. The zero-order valence-corrected chi connectivity index (χ0v) is 13.0. The number of hydrogen-bond donors (Lipinski definition) is 3. The van der Waals surface area contributed by atoms with Crippen molar-refractivity contribution in [1.29, 1.82) is 0 Å². The summed E-state index contributed by atoms with van der Waals surface area (Å²) < 4.78 is 45.4. The molecule has 0 unspecified atom stereocenters. The molecule has 3 N–H and O–H groups in total. The van der Waals surface area contributed by atoms with Gasteiger partial charge in [-0.05, 0) is 22.4 Å². The lowest BCUT2D eigenvalue weighted by atomic mass is 10.3. The summed E-state index contributed by atoms with van der Waals surface area (Å²) in [5.74, 6) is -0.718. The van der Waals surface area contributed by atoms with Gasteiger partial charge in [0.1, 0.15) is 5.75 Å². The average molecular weight is 369 g/mol. The number of ether oxygens (including phenoxy) is 1. The summed E-state index contributed by atoms with van der Waals surface area (Å²) in [5, 5.41) is 9.82. The SMILES string of the molecule is CC(=O)NNc1nc2nonc2nc1Nc1cccc(OC(F)(F)F)c1. The van der Waals surface area contributed by atoms with Crippen LogP contribution in [0.3, 0.4) is 0 Å². The first-order valence-electron chi connectivity index (χ1n) is 6.96. The number of hydrazine groups is 1. The lowest BCUT2D eigenvalue weighted by Crippen LogP contribution is -2.27. The molecule has 136 valence electrons. The van der Waals surface area contributed by atoms with E-state index in [0.717, 1.165) is 12.1 Å². The van der Waals surface area contributed by atoms with Gasteiger partial charge in [0.25, 0.3) is 0 Å². The molecule has 3 aromatic rings. The average Bonchev–Trinajstić information content (AvgIpc) is 2.98. The van der Waals surface area contributed by atoms with Crippen LogP contribution in [0, 0.1) is 0 Å². The maximum Gasteiger partial charge on any atom is 0.573 e. The lowest BCUT2D eigenvalue weighted by Gasteiger charge is -2.13.